The van der Waals surface area contributed by atoms with Gasteiger partial charge < -0.3 is 19.5 Å². The SMILES string of the molecule is C=C1CC(C)CC(CC)(c2noc(C(CCCCN(C)C)NC(=O)OC(C)(C)C)n2)C1. The summed E-state index contributed by atoms with van der Waals surface area (Å²) in [7, 11) is 4.12. The average molecular weight is 435 g/mol. The maximum atomic E-state index is 12.5. The minimum Gasteiger partial charge on any atom is -0.444 e. The molecule has 3 atom stereocenters. The molecule has 0 saturated heterocycles. The van der Waals surface area contributed by atoms with Crippen molar-refractivity contribution in [3.05, 3.63) is 23.9 Å². The summed E-state index contributed by atoms with van der Waals surface area (Å²) in [6.07, 6.45) is 6.11. The summed E-state index contributed by atoms with van der Waals surface area (Å²) >= 11 is 0. The molecule has 7 heteroatoms. The van der Waals surface area contributed by atoms with Crippen LogP contribution in [0.2, 0.25) is 0 Å². The van der Waals surface area contributed by atoms with Crippen molar-refractivity contribution in [2.24, 2.45) is 5.92 Å². The fourth-order valence-electron chi connectivity index (χ4n) is 4.53. The van der Waals surface area contributed by atoms with E-state index < -0.39 is 11.7 Å². The number of hydrogen-bond acceptors (Lipinski definition) is 6. The van der Waals surface area contributed by atoms with E-state index >= 15 is 0 Å². The lowest BCUT2D eigenvalue weighted by atomic mass is 9.66. The predicted molar refractivity (Wildman–Crippen MR) is 123 cm³/mol. The van der Waals surface area contributed by atoms with Crippen molar-refractivity contribution in [3.8, 4) is 0 Å². The number of allylic oxidation sites excluding steroid dienone is 1. The monoisotopic (exact) mass is 434 g/mol. The second-order valence-electron chi connectivity index (χ2n) is 10.5. The Bertz CT molecular complexity index is 737. The number of carbonyl (C=O) groups is 1. The fourth-order valence-corrected chi connectivity index (χ4v) is 4.53. The van der Waals surface area contributed by atoms with Gasteiger partial charge in [-0.05, 0) is 92.3 Å². The lowest BCUT2D eigenvalue weighted by molar-refractivity contribution is 0.0489. The molecule has 1 saturated carbocycles. The van der Waals surface area contributed by atoms with Gasteiger partial charge in [-0.2, -0.15) is 4.98 Å². The van der Waals surface area contributed by atoms with Gasteiger partial charge >= 0.3 is 6.09 Å². The van der Waals surface area contributed by atoms with Gasteiger partial charge in [-0.3, -0.25) is 0 Å². The number of rotatable bonds is 9. The number of carbonyl (C=O) groups excluding carboxylic acids is 1. The fraction of sp³-hybridized carbons (Fsp3) is 0.792. The Hall–Kier alpha value is -1.89. The molecule has 176 valence electrons. The summed E-state index contributed by atoms with van der Waals surface area (Å²) in [5, 5.41) is 7.34. The van der Waals surface area contributed by atoms with Gasteiger partial charge in [0.1, 0.15) is 11.6 Å². The van der Waals surface area contributed by atoms with Crippen LogP contribution >= 0.6 is 0 Å². The van der Waals surface area contributed by atoms with Crippen molar-refractivity contribution in [3.63, 3.8) is 0 Å². The third-order valence-corrected chi connectivity index (χ3v) is 5.89. The zero-order valence-corrected chi connectivity index (χ0v) is 20.6. The van der Waals surface area contributed by atoms with Crippen LogP contribution in [0.25, 0.3) is 0 Å². The Balaban J connectivity index is 2.19. The van der Waals surface area contributed by atoms with Gasteiger partial charge in [0.25, 0.3) is 0 Å². The summed E-state index contributed by atoms with van der Waals surface area (Å²) in [5.41, 5.74) is 0.543. The topological polar surface area (TPSA) is 80.5 Å². The van der Waals surface area contributed by atoms with Gasteiger partial charge in [0.2, 0.25) is 5.89 Å². The van der Waals surface area contributed by atoms with Crippen molar-refractivity contribution in [1.82, 2.24) is 20.4 Å². The van der Waals surface area contributed by atoms with E-state index in [-0.39, 0.29) is 11.5 Å². The van der Waals surface area contributed by atoms with Crippen LogP contribution in [-0.2, 0) is 10.2 Å². The van der Waals surface area contributed by atoms with Gasteiger partial charge in [-0.25, -0.2) is 4.79 Å². The minimum atomic E-state index is -0.565. The Morgan fingerprint density at radius 2 is 2.10 bits per heavy atom. The van der Waals surface area contributed by atoms with E-state index in [9.17, 15) is 4.79 Å². The van der Waals surface area contributed by atoms with Crippen molar-refractivity contribution >= 4 is 6.09 Å². The van der Waals surface area contributed by atoms with Crippen molar-refractivity contribution < 1.29 is 14.1 Å². The highest BCUT2D eigenvalue weighted by molar-refractivity contribution is 5.68. The van der Waals surface area contributed by atoms with E-state index in [0.717, 1.165) is 57.3 Å². The van der Waals surface area contributed by atoms with Crippen molar-refractivity contribution in [2.75, 3.05) is 20.6 Å². The van der Waals surface area contributed by atoms with E-state index in [1.165, 1.54) is 5.57 Å². The highest BCUT2D eigenvalue weighted by Gasteiger charge is 2.41. The second kappa shape index (κ2) is 10.6. The van der Waals surface area contributed by atoms with Gasteiger partial charge in [-0.15, -0.1) is 0 Å². The van der Waals surface area contributed by atoms with Gasteiger partial charge in [0, 0.05) is 5.41 Å². The molecule has 7 nitrogen and oxygen atoms in total. The molecule has 0 aromatic carbocycles. The maximum absolute atomic E-state index is 12.5. The third-order valence-electron chi connectivity index (χ3n) is 5.89. The first kappa shape index (κ1) is 25.4. The van der Waals surface area contributed by atoms with Crippen LogP contribution in [0.1, 0.15) is 97.3 Å². The number of unbranched alkanes of at least 4 members (excludes halogenated alkanes) is 1. The minimum absolute atomic E-state index is 0.141. The van der Waals surface area contributed by atoms with Gasteiger partial charge in [0.15, 0.2) is 5.82 Å². The number of aromatic nitrogens is 2. The van der Waals surface area contributed by atoms with Crippen LogP contribution in [0.4, 0.5) is 4.79 Å². The first-order valence-corrected chi connectivity index (χ1v) is 11.6. The average Bonchev–Trinajstić information content (AvgIpc) is 3.12. The highest BCUT2D eigenvalue weighted by atomic mass is 16.6. The highest BCUT2D eigenvalue weighted by Crippen LogP contribution is 2.45. The summed E-state index contributed by atoms with van der Waals surface area (Å²) < 4.78 is 11.2. The predicted octanol–water partition coefficient (Wildman–Crippen LogP) is 5.39. The molecule has 1 heterocycles. The largest absolute Gasteiger partial charge is 0.444 e. The summed E-state index contributed by atoms with van der Waals surface area (Å²) in [5.74, 6) is 1.74. The lowest BCUT2D eigenvalue weighted by Crippen LogP contribution is -2.35. The molecule has 1 aromatic rings. The zero-order chi connectivity index (χ0) is 23.2. The molecule has 0 radical (unpaired) electrons. The summed E-state index contributed by atoms with van der Waals surface area (Å²) in [6.45, 7) is 15.2. The van der Waals surface area contributed by atoms with Crippen molar-refractivity contribution in [1.29, 1.82) is 0 Å². The molecule has 1 aromatic heterocycles. The molecule has 0 aliphatic heterocycles. The number of amides is 1. The van der Waals surface area contributed by atoms with Gasteiger partial charge in [-0.1, -0.05) is 31.2 Å². The number of ether oxygens (including phenoxy) is 1. The van der Waals surface area contributed by atoms with E-state index in [1.807, 2.05) is 20.8 Å². The van der Waals surface area contributed by atoms with Crippen LogP contribution in [0.3, 0.4) is 0 Å². The van der Waals surface area contributed by atoms with Crippen LogP contribution in [-0.4, -0.2) is 47.4 Å². The van der Waals surface area contributed by atoms with Crippen LogP contribution in [0, 0.1) is 5.92 Å². The Morgan fingerprint density at radius 3 is 2.68 bits per heavy atom. The van der Waals surface area contributed by atoms with Crippen molar-refractivity contribution in [2.45, 2.75) is 96.6 Å². The van der Waals surface area contributed by atoms with E-state index in [1.54, 1.807) is 0 Å². The molecule has 1 amide bonds. The number of nitrogens with one attached hydrogen (secondary N) is 1. The molecular formula is C24H42N4O3. The molecule has 1 aliphatic rings. The smallest absolute Gasteiger partial charge is 0.408 e. The lowest BCUT2D eigenvalue weighted by Gasteiger charge is -2.38. The van der Waals surface area contributed by atoms with E-state index in [0.29, 0.717) is 11.8 Å². The zero-order valence-electron chi connectivity index (χ0n) is 20.6. The molecule has 1 N–H and O–H groups in total. The van der Waals surface area contributed by atoms with Crippen LogP contribution in [0.15, 0.2) is 16.7 Å². The molecule has 1 aliphatic carbocycles. The molecular weight excluding hydrogens is 392 g/mol. The third kappa shape index (κ3) is 7.63. The second-order valence-corrected chi connectivity index (χ2v) is 10.5. The normalized spacial score (nSPS) is 23.1. The first-order chi connectivity index (χ1) is 14.4. The molecule has 2 rings (SSSR count). The van der Waals surface area contributed by atoms with Crippen LogP contribution < -0.4 is 5.32 Å². The molecule has 0 spiro atoms. The van der Waals surface area contributed by atoms with Crippen LogP contribution in [0.5, 0.6) is 0 Å². The number of nitrogens with zero attached hydrogens (tertiary/aromatic N) is 3. The number of hydrogen-bond donors (Lipinski definition) is 1. The Kier molecular flexibility index (Phi) is 8.69. The number of alkyl carbamates (subject to hydrolysis) is 1. The van der Waals surface area contributed by atoms with Gasteiger partial charge in [0.05, 0.1) is 0 Å². The molecule has 3 unspecified atom stereocenters. The van der Waals surface area contributed by atoms with E-state index in [4.69, 9.17) is 14.2 Å². The Morgan fingerprint density at radius 1 is 1.39 bits per heavy atom. The summed E-state index contributed by atoms with van der Waals surface area (Å²) in [6, 6.07) is -0.364. The molecule has 0 bridgehead atoms. The van der Waals surface area contributed by atoms with E-state index in [2.05, 4.69) is 49.9 Å². The standard InChI is InChI=1S/C24H42N4O3/c1-9-24(15-17(2)14-18(3)16-24)21-26-20(31-27-21)19(12-10-11-13-28(7)8)25-22(29)30-23(4,5)6/h18-19H,2,9-16H2,1,3-8H3,(H,25,29). The quantitative estimate of drug-likeness (QED) is 0.414. The summed E-state index contributed by atoms with van der Waals surface area (Å²) in [4.78, 5) is 19.4. The first-order valence-electron chi connectivity index (χ1n) is 11.6. The Labute approximate surface area is 188 Å². The molecule has 31 heavy (non-hydrogen) atoms. The molecule has 1 fully saturated rings. The maximum Gasteiger partial charge on any atom is 0.408 e.